The van der Waals surface area contributed by atoms with E-state index in [1.807, 2.05) is 36.4 Å². The molecular weight excluding hydrogens is 510 g/mol. The van der Waals surface area contributed by atoms with E-state index in [0.717, 1.165) is 28.6 Å². The molecule has 1 aliphatic rings. The Balaban J connectivity index is 1.46. The number of carbonyl (C=O) groups excluding carboxylic acids is 1. The average Bonchev–Trinajstić information content (AvgIpc) is 3.35. The van der Waals surface area contributed by atoms with Crippen LogP contribution in [0.25, 0.3) is 10.9 Å². The summed E-state index contributed by atoms with van der Waals surface area (Å²) in [5.74, 6) is 0.645. The minimum Gasteiger partial charge on any atom is -0.497 e. The Hall–Kier alpha value is -3.49. The summed E-state index contributed by atoms with van der Waals surface area (Å²) in [6.07, 6.45) is 1.31. The lowest BCUT2D eigenvalue weighted by molar-refractivity contribution is 0.0346. The van der Waals surface area contributed by atoms with Gasteiger partial charge in [0.05, 0.1) is 36.8 Å². The summed E-state index contributed by atoms with van der Waals surface area (Å²) in [7, 11) is 1.64. The molecule has 178 valence electrons. The number of carbonyl (C=O) groups is 1. The Kier molecular flexibility index (Phi) is 6.66. The van der Waals surface area contributed by atoms with Crippen LogP contribution in [-0.2, 0) is 11.3 Å². The minimum absolute atomic E-state index is 0.0856. The Morgan fingerprint density at radius 2 is 1.94 bits per heavy atom. The third kappa shape index (κ3) is 4.99. The maximum atomic E-state index is 13.5. The van der Waals surface area contributed by atoms with Crippen molar-refractivity contribution < 1.29 is 14.3 Å². The molecule has 0 saturated carbocycles. The summed E-state index contributed by atoms with van der Waals surface area (Å²) in [6.45, 7) is 0.280. The van der Waals surface area contributed by atoms with Crippen LogP contribution < -0.4 is 15.6 Å². The molecule has 1 fully saturated rings. The van der Waals surface area contributed by atoms with Crippen molar-refractivity contribution in [1.82, 2.24) is 9.55 Å². The number of aromatic nitrogens is 2. The topological polar surface area (TPSA) is 82.5 Å². The fourth-order valence-corrected chi connectivity index (χ4v) is 4.70. The van der Waals surface area contributed by atoms with Gasteiger partial charge in [-0.05, 0) is 60.9 Å². The molecule has 1 saturated heterocycles. The number of halogens is 1. The number of ether oxygens (including phenoxy) is 2. The van der Waals surface area contributed by atoms with Crippen LogP contribution in [-0.4, -0.2) is 28.7 Å². The van der Waals surface area contributed by atoms with Crippen molar-refractivity contribution in [3.63, 3.8) is 0 Å². The number of fused-ring (bicyclic) bond motifs is 1. The summed E-state index contributed by atoms with van der Waals surface area (Å²) in [5.41, 5.74) is 1.81. The molecule has 1 aliphatic heterocycles. The van der Waals surface area contributed by atoms with Crippen molar-refractivity contribution >= 4 is 38.7 Å². The van der Waals surface area contributed by atoms with E-state index >= 15 is 0 Å². The maximum Gasteiger partial charge on any atom is 0.262 e. The molecule has 4 aromatic rings. The Morgan fingerprint density at radius 1 is 1.11 bits per heavy atom. The molecule has 2 heterocycles. The monoisotopic (exact) mass is 533 g/mol. The van der Waals surface area contributed by atoms with Gasteiger partial charge in [-0.15, -0.1) is 0 Å². The van der Waals surface area contributed by atoms with Crippen molar-refractivity contribution in [3.8, 4) is 5.75 Å². The maximum absolute atomic E-state index is 13.5. The fourth-order valence-electron chi connectivity index (χ4n) is 4.35. The number of hydrogen-bond donors (Lipinski definition) is 1. The zero-order valence-corrected chi connectivity index (χ0v) is 20.7. The van der Waals surface area contributed by atoms with Crippen molar-refractivity contribution in [2.45, 2.75) is 31.6 Å². The molecule has 2 atom stereocenters. The van der Waals surface area contributed by atoms with Gasteiger partial charge in [0.1, 0.15) is 5.75 Å². The van der Waals surface area contributed by atoms with E-state index in [9.17, 15) is 9.59 Å². The molecule has 1 aromatic heterocycles. The molecule has 0 spiro atoms. The second-order valence-electron chi connectivity index (χ2n) is 8.43. The molecule has 0 aliphatic carbocycles. The zero-order chi connectivity index (χ0) is 24.4. The molecule has 35 heavy (non-hydrogen) atoms. The van der Waals surface area contributed by atoms with Gasteiger partial charge in [0.15, 0.2) is 0 Å². The summed E-state index contributed by atoms with van der Waals surface area (Å²) in [5, 5.41) is 3.32. The lowest BCUT2D eigenvalue weighted by atomic mass is 10.1. The van der Waals surface area contributed by atoms with E-state index in [0.29, 0.717) is 16.5 Å². The molecule has 5 rings (SSSR count). The predicted octanol–water partition coefficient (Wildman–Crippen LogP) is 5.34. The standard InChI is InChI=1S/C27H24BrN3O4/c1-34-20-9-5-8-18(14-20)24-13-11-21(35-24)16-31-26(33)22-12-10-19(28)15-23(22)29-27(31)30-25(32)17-6-3-2-4-7-17/h2-10,12,14-15,21,24H,11,13,16H2,1H3,(H,29,30,32). The highest BCUT2D eigenvalue weighted by molar-refractivity contribution is 9.10. The number of amides is 1. The van der Waals surface area contributed by atoms with Crippen molar-refractivity contribution in [2.75, 3.05) is 12.4 Å². The molecule has 0 radical (unpaired) electrons. The van der Waals surface area contributed by atoms with E-state index < -0.39 is 0 Å². The molecular formula is C27H24BrN3O4. The van der Waals surface area contributed by atoms with Crippen LogP contribution in [0.2, 0.25) is 0 Å². The first-order valence-electron chi connectivity index (χ1n) is 11.4. The molecule has 3 aromatic carbocycles. The van der Waals surface area contributed by atoms with Gasteiger partial charge in [-0.2, -0.15) is 0 Å². The van der Waals surface area contributed by atoms with E-state index in [4.69, 9.17) is 9.47 Å². The third-order valence-corrected chi connectivity index (χ3v) is 6.63. The van der Waals surface area contributed by atoms with Gasteiger partial charge in [0.25, 0.3) is 11.5 Å². The summed E-state index contributed by atoms with van der Waals surface area (Å²) in [4.78, 5) is 31.0. The summed E-state index contributed by atoms with van der Waals surface area (Å²) < 4.78 is 14.0. The Labute approximate surface area is 210 Å². The van der Waals surface area contributed by atoms with Crippen LogP contribution in [0.1, 0.15) is 34.9 Å². The smallest absolute Gasteiger partial charge is 0.262 e. The lowest BCUT2D eigenvalue weighted by Crippen LogP contribution is -2.31. The minimum atomic E-state index is -0.331. The van der Waals surface area contributed by atoms with Gasteiger partial charge < -0.3 is 9.47 Å². The number of nitrogens with one attached hydrogen (secondary N) is 1. The largest absolute Gasteiger partial charge is 0.497 e. The highest BCUT2D eigenvalue weighted by Crippen LogP contribution is 2.35. The SMILES string of the molecule is COc1cccc(C2CCC(Cn3c(NC(=O)c4ccccc4)nc4cc(Br)ccc4c3=O)O2)c1. The van der Waals surface area contributed by atoms with E-state index in [2.05, 4.69) is 26.2 Å². The number of hydrogen-bond acceptors (Lipinski definition) is 5. The number of nitrogens with zero attached hydrogens (tertiary/aromatic N) is 2. The van der Waals surface area contributed by atoms with Crippen LogP contribution in [0.5, 0.6) is 5.75 Å². The van der Waals surface area contributed by atoms with E-state index in [-0.39, 0.29) is 36.2 Å². The second-order valence-corrected chi connectivity index (χ2v) is 9.35. The third-order valence-electron chi connectivity index (χ3n) is 6.14. The first kappa shape index (κ1) is 23.3. The molecule has 1 N–H and O–H groups in total. The Bertz CT molecular complexity index is 1440. The molecule has 1 amide bonds. The predicted molar refractivity (Wildman–Crippen MR) is 138 cm³/mol. The lowest BCUT2D eigenvalue weighted by Gasteiger charge is -2.19. The van der Waals surface area contributed by atoms with Crippen LogP contribution >= 0.6 is 15.9 Å². The first-order chi connectivity index (χ1) is 17.0. The van der Waals surface area contributed by atoms with E-state index in [1.165, 1.54) is 4.57 Å². The number of rotatable bonds is 6. The second kappa shape index (κ2) is 10.0. The summed E-state index contributed by atoms with van der Waals surface area (Å²) in [6, 6.07) is 22.0. The number of methoxy groups -OCH3 is 1. The van der Waals surface area contributed by atoms with Crippen LogP contribution in [0.15, 0.2) is 82.1 Å². The van der Waals surface area contributed by atoms with Gasteiger partial charge >= 0.3 is 0 Å². The highest BCUT2D eigenvalue weighted by atomic mass is 79.9. The fraction of sp³-hybridized carbons (Fsp3) is 0.222. The van der Waals surface area contributed by atoms with Gasteiger partial charge in [-0.25, -0.2) is 4.98 Å². The van der Waals surface area contributed by atoms with Crippen molar-refractivity contribution in [2.24, 2.45) is 0 Å². The van der Waals surface area contributed by atoms with E-state index in [1.54, 1.807) is 43.5 Å². The summed E-state index contributed by atoms with van der Waals surface area (Å²) >= 11 is 3.43. The van der Waals surface area contributed by atoms with Crippen molar-refractivity contribution in [3.05, 3.63) is 98.7 Å². The normalized spacial score (nSPS) is 17.4. The van der Waals surface area contributed by atoms with Gasteiger partial charge in [-0.3, -0.25) is 19.5 Å². The van der Waals surface area contributed by atoms with Crippen LogP contribution in [0.3, 0.4) is 0 Å². The Morgan fingerprint density at radius 3 is 2.74 bits per heavy atom. The van der Waals surface area contributed by atoms with Crippen LogP contribution in [0.4, 0.5) is 5.95 Å². The molecule has 7 nitrogen and oxygen atoms in total. The molecule has 8 heteroatoms. The van der Waals surface area contributed by atoms with Gasteiger partial charge in [-0.1, -0.05) is 46.3 Å². The van der Waals surface area contributed by atoms with Crippen molar-refractivity contribution in [1.29, 1.82) is 0 Å². The first-order valence-corrected chi connectivity index (χ1v) is 12.2. The zero-order valence-electron chi connectivity index (χ0n) is 19.1. The van der Waals surface area contributed by atoms with Crippen LogP contribution in [0, 0.1) is 0 Å². The molecule has 0 bridgehead atoms. The number of anilines is 1. The van der Waals surface area contributed by atoms with Gasteiger partial charge in [0.2, 0.25) is 5.95 Å². The quantitative estimate of drug-likeness (QED) is 0.361. The average molecular weight is 534 g/mol. The highest BCUT2D eigenvalue weighted by Gasteiger charge is 2.28. The van der Waals surface area contributed by atoms with Gasteiger partial charge in [0, 0.05) is 10.0 Å². The number of benzene rings is 3. The molecule has 2 unspecified atom stereocenters.